The van der Waals surface area contributed by atoms with E-state index in [-0.39, 0.29) is 5.78 Å². The first-order valence-corrected chi connectivity index (χ1v) is 13.3. The van der Waals surface area contributed by atoms with Crippen molar-refractivity contribution in [3.8, 4) is 23.0 Å². The predicted molar refractivity (Wildman–Crippen MR) is 150 cm³/mol. The Bertz CT molecular complexity index is 1200. The summed E-state index contributed by atoms with van der Waals surface area (Å²) in [6, 6.07) is 7.41. The molecule has 0 saturated carbocycles. The summed E-state index contributed by atoms with van der Waals surface area (Å²) in [5.74, 6) is 1.38. The zero-order valence-electron chi connectivity index (χ0n) is 23.3. The fraction of sp³-hybridized carbons (Fsp3) is 0.419. The van der Waals surface area contributed by atoms with E-state index in [2.05, 4.69) is 13.5 Å². The summed E-state index contributed by atoms with van der Waals surface area (Å²) in [6.07, 6.45) is 7.98. The van der Waals surface area contributed by atoms with Crippen LogP contribution in [-0.4, -0.2) is 62.3 Å². The van der Waals surface area contributed by atoms with E-state index in [9.17, 15) is 14.7 Å². The number of rotatable bonds is 15. The SMILES string of the molecule is C=CCc1c(OCCCOc2ccc3c(c2CCC)OC(C(=O)O)CC3)ccc(C(=O)/C=C\N(C)C)c1OC. The molecule has 1 heterocycles. The minimum atomic E-state index is -0.943. The summed E-state index contributed by atoms with van der Waals surface area (Å²) < 4.78 is 23.7. The molecule has 1 N–H and O–H groups in total. The molecule has 8 nitrogen and oxygen atoms in total. The third kappa shape index (κ3) is 7.56. The second-order valence-electron chi connectivity index (χ2n) is 9.57. The first kappa shape index (κ1) is 29.6. The monoisotopic (exact) mass is 537 g/mol. The minimum absolute atomic E-state index is 0.155. The molecule has 3 rings (SSSR count). The van der Waals surface area contributed by atoms with Crippen molar-refractivity contribution in [1.82, 2.24) is 4.90 Å². The number of ether oxygens (including phenoxy) is 4. The van der Waals surface area contributed by atoms with Gasteiger partial charge in [-0.15, -0.1) is 6.58 Å². The van der Waals surface area contributed by atoms with Gasteiger partial charge in [-0.05, 0) is 49.4 Å². The first-order valence-electron chi connectivity index (χ1n) is 13.3. The smallest absolute Gasteiger partial charge is 0.344 e. The molecule has 0 radical (unpaired) electrons. The van der Waals surface area contributed by atoms with E-state index in [4.69, 9.17) is 18.9 Å². The summed E-state index contributed by atoms with van der Waals surface area (Å²) in [5.41, 5.74) is 3.17. The van der Waals surface area contributed by atoms with Gasteiger partial charge in [0.1, 0.15) is 23.0 Å². The molecule has 0 aliphatic carbocycles. The molecule has 2 aromatic rings. The molecule has 1 atom stereocenters. The van der Waals surface area contributed by atoms with E-state index in [1.165, 1.54) is 6.08 Å². The second-order valence-corrected chi connectivity index (χ2v) is 9.57. The zero-order chi connectivity index (χ0) is 28.4. The number of methoxy groups -OCH3 is 1. The van der Waals surface area contributed by atoms with Gasteiger partial charge in [-0.25, -0.2) is 4.79 Å². The Kier molecular flexibility index (Phi) is 10.8. The molecule has 39 heavy (non-hydrogen) atoms. The second kappa shape index (κ2) is 14.3. The molecule has 2 aromatic carbocycles. The van der Waals surface area contributed by atoms with Crippen LogP contribution >= 0.6 is 0 Å². The lowest BCUT2D eigenvalue weighted by molar-refractivity contribution is -0.145. The highest BCUT2D eigenvalue weighted by atomic mass is 16.5. The average Bonchev–Trinajstić information content (AvgIpc) is 2.92. The van der Waals surface area contributed by atoms with Crippen molar-refractivity contribution in [2.45, 2.75) is 51.6 Å². The predicted octanol–water partition coefficient (Wildman–Crippen LogP) is 5.26. The number of benzene rings is 2. The third-order valence-electron chi connectivity index (χ3n) is 6.37. The van der Waals surface area contributed by atoms with Gasteiger partial charge in [-0.3, -0.25) is 4.79 Å². The Hall–Kier alpha value is -3.94. The quantitative estimate of drug-likeness (QED) is 0.142. The molecule has 8 heteroatoms. The average molecular weight is 538 g/mol. The molecule has 0 spiro atoms. The molecular formula is C31H39NO7. The van der Waals surface area contributed by atoms with Gasteiger partial charge >= 0.3 is 5.97 Å². The van der Waals surface area contributed by atoms with Crippen LogP contribution in [0.3, 0.4) is 0 Å². The maximum atomic E-state index is 12.7. The fourth-order valence-corrected chi connectivity index (χ4v) is 4.53. The summed E-state index contributed by atoms with van der Waals surface area (Å²) >= 11 is 0. The number of allylic oxidation sites excluding steroid dienone is 2. The largest absolute Gasteiger partial charge is 0.496 e. The molecular weight excluding hydrogens is 498 g/mol. The van der Waals surface area contributed by atoms with Gasteiger partial charge < -0.3 is 29.0 Å². The van der Waals surface area contributed by atoms with Gasteiger partial charge in [0.15, 0.2) is 11.9 Å². The van der Waals surface area contributed by atoms with Crippen LogP contribution in [0.2, 0.25) is 0 Å². The molecule has 0 bridgehead atoms. The van der Waals surface area contributed by atoms with Crippen molar-refractivity contribution in [1.29, 1.82) is 0 Å². The molecule has 0 fully saturated rings. The lowest BCUT2D eigenvalue weighted by Crippen LogP contribution is -2.31. The Labute approximate surface area is 230 Å². The van der Waals surface area contributed by atoms with Crippen LogP contribution in [-0.2, 0) is 24.1 Å². The molecule has 1 unspecified atom stereocenters. The number of aryl methyl sites for hydroxylation is 1. The van der Waals surface area contributed by atoms with E-state index < -0.39 is 12.1 Å². The summed E-state index contributed by atoms with van der Waals surface area (Å²) in [6.45, 7) is 6.72. The number of hydrogen-bond acceptors (Lipinski definition) is 7. The maximum absolute atomic E-state index is 12.7. The minimum Gasteiger partial charge on any atom is -0.496 e. The molecule has 0 saturated heterocycles. The number of fused-ring (bicyclic) bond motifs is 1. The van der Waals surface area contributed by atoms with Crippen molar-refractivity contribution in [2.75, 3.05) is 34.4 Å². The standard InChI is InChI=1S/C31H39NO7/c1-6-9-23-26(14-11-21-12-15-28(31(34)35)39-29(21)23)37-19-8-20-38-27-16-13-22(25(33)17-18-32(3)4)30(36-5)24(27)10-7-2/h7,11,13-14,16-18,28H,2,6,8-10,12,15,19-20H2,1,3-5H3,(H,34,35)/b18-17-. The van der Waals surface area contributed by atoms with Crippen LogP contribution < -0.4 is 18.9 Å². The van der Waals surface area contributed by atoms with Crippen LogP contribution in [0.25, 0.3) is 0 Å². The Morgan fingerprint density at radius 3 is 2.44 bits per heavy atom. The Morgan fingerprint density at radius 2 is 1.82 bits per heavy atom. The number of hydrogen-bond donors (Lipinski definition) is 1. The third-order valence-corrected chi connectivity index (χ3v) is 6.37. The van der Waals surface area contributed by atoms with Crippen molar-refractivity contribution in [3.05, 3.63) is 71.5 Å². The molecule has 210 valence electrons. The van der Waals surface area contributed by atoms with Crippen LogP contribution in [0.5, 0.6) is 23.0 Å². The van der Waals surface area contributed by atoms with Crippen molar-refractivity contribution in [3.63, 3.8) is 0 Å². The lowest BCUT2D eigenvalue weighted by Gasteiger charge is -2.26. The van der Waals surface area contributed by atoms with E-state index >= 15 is 0 Å². The highest BCUT2D eigenvalue weighted by Crippen LogP contribution is 2.38. The number of nitrogens with zero attached hydrogens (tertiary/aromatic N) is 1. The number of ketones is 1. The van der Waals surface area contributed by atoms with Gasteiger partial charge in [0, 0.05) is 43.9 Å². The summed E-state index contributed by atoms with van der Waals surface area (Å²) in [5, 5.41) is 9.42. The van der Waals surface area contributed by atoms with Gasteiger partial charge in [0.25, 0.3) is 0 Å². The van der Waals surface area contributed by atoms with Crippen molar-refractivity contribution < 1.29 is 33.6 Å². The van der Waals surface area contributed by atoms with Gasteiger partial charge in [-0.2, -0.15) is 0 Å². The normalized spacial score (nSPS) is 14.3. The van der Waals surface area contributed by atoms with Crippen molar-refractivity contribution in [2.24, 2.45) is 0 Å². The van der Waals surface area contributed by atoms with Crippen LogP contribution in [0.4, 0.5) is 0 Å². The number of carboxylic acids is 1. The Morgan fingerprint density at radius 1 is 1.13 bits per heavy atom. The van der Waals surface area contributed by atoms with Crippen LogP contribution in [0.1, 0.15) is 53.2 Å². The van der Waals surface area contributed by atoms with E-state index in [0.29, 0.717) is 67.5 Å². The fourth-order valence-electron chi connectivity index (χ4n) is 4.53. The number of carbonyl (C=O) groups is 2. The highest BCUT2D eigenvalue weighted by Gasteiger charge is 2.28. The maximum Gasteiger partial charge on any atom is 0.344 e. The van der Waals surface area contributed by atoms with Gasteiger partial charge in [0.05, 0.1) is 25.9 Å². The lowest BCUT2D eigenvalue weighted by atomic mass is 9.96. The zero-order valence-corrected chi connectivity index (χ0v) is 23.3. The van der Waals surface area contributed by atoms with Crippen LogP contribution in [0, 0.1) is 0 Å². The summed E-state index contributed by atoms with van der Waals surface area (Å²) in [7, 11) is 5.24. The molecule has 1 aliphatic heterocycles. The van der Waals surface area contributed by atoms with Crippen molar-refractivity contribution >= 4 is 11.8 Å². The Balaban J connectivity index is 1.67. The first-order chi connectivity index (χ1) is 18.8. The van der Waals surface area contributed by atoms with Crippen LogP contribution in [0.15, 0.2) is 49.2 Å². The van der Waals surface area contributed by atoms with Gasteiger partial charge in [0.2, 0.25) is 0 Å². The van der Waals surface area contributed by atoms with E-state index in [0.717, 1.165) is 29.5 Å². The molecule has 1 aliphatic rings. The molecule has 0 aromatic heterocycles. The van der Waals surface area contributed by atoms with E-state index in [1.807, 2.05) is 26.2 Å². The highest BCUT2D eigenvalue weighted by molar-refractivity contribution is 6.07. The van der Waals surface area contributed by atoms with E-state index in [1.54, 1.807) is 36.4 Å². The number of carboxylic acid groups (broad SMARTS) is 1. The van der Waals surface area contributed by atoms with Gasteiger partial charge in [-0.1, -0.05) is 25.5 Å². The number of aliphatic carboxylic acids is 1. The molecule has 0 amide bonds. The number of carbonyl (C=O) groups excluding carboxylic acids is 1. The topological polar surface area (TPSA) is 94.5 Å². The summed E-state index contributed by atoms with van der Waals surface area (Å²) in [4.78, 5) is 26.0.